The monoisotopic (exact) mass is 451 g/mol. The molecule has 2 fully saturated rings. The predicted octanol–water partition coefficient (Wildman–Crippen LogP) is 3.03. The van der Waals surface area contributed by atoms with Crippen LogP contribution in [0.1, 0.15) is 53.8 Å². The van der Waals surface area contributed by atoms with Crippen molar-refractivity contribution < 1.29 is 13.6 Å². The SMILES string of the molecule is Cc1cc2c(NC3(C)CC3)nc(C(=O)N3CCc4c(ncnc4N4CC[C@H](F)C4)C3)nc2o1. The zero-order chi connectivity index (χ0) is 22.7. The molecule has 0 unspecified atom stereocenters. The Morgan fingerprint density at radius 1 is 1.27 bits per heavy atom. The van der Waals surface area contributed by atoms with Crippen LogP contribution < -0.4 is 10.2 Å². The normalized spacial score (nSPS) is 21.4. The molecule has 1 saturated heterocycles. The van der Waals surface area contributed by atoms with Gasteiger partial charge < -0.3 is 19.5 Å². The first-order chi connectivity index (χ1) is 15.9. The molecule has 0 spiro atoms. The number of carbonyl (C=O) groups is 1. The van der Waals surface area contributed by atoms with E-state index in [0.29, 0.717) is 50.6 Å². The van der Waals surface area contributed by atoms with Crippen LogP contribution in [-0.4, -0.2) is 62.1 Å². The smallest absolute Gasteiger partial charge is 0.292 e. The maximum absolute atomic E-state index is 13.7. The molecule has 3 aliphatic rings. The molecule has 3 aromatic rings. The lowest BCUT2D eigenvalue weighted by Crippen LogP contribution is -2.38. The quantitative estimate of drug-likeness (QED) is 0.646. The van der Waals surface area contributed by atoms with Crippen LogP contribution in [0.2, 0.25) is 0 Å². The summed E-state index contributed by atoms with van der Waals surface area (Å²) in [5.74, 6) is 2.01. The molecule has 0 aromatic carbocycles. The molecule has 1 atom stereocenters. The average Bonchev–Trinajstić information content (AvgIpc) is 3.17. The molecular weight excluding hydrogens is 425 g/mol. The number of carbonyl (C=O) groups excluding carboxylic acids is 1. The Balaban J connectivity index is 1.29. The molecule has 9 nitrogen and oxygen atoms in total. The fourth-order valence-electron chi connectivity index (χ4n) is 4.67. The van der Waals surface area contributed by atoms with Gasteiger partial charge in [-0.15, -0.1) is 0 Å². The second kappa shape index (κ2) is 7.36. The average molecular weight is 452 g/mol. The Labute approximate surface area is 190 Å². The van der Waals surface area contributed by atoms with Crippen LogP contribution in [0.25, 0.3) is 11.1 Å². The van der Waals surface area contributed by atoms with Crippen molar-refractivity contribution in [3.63, 3.8) is 0 Å². The van der Waals surface area contributed by atoms with E-state index in [1.54, 1.807) is 4.90 Å². The molecule has 172 valence electrons. The highest BCUT2D eigenvalue weighted by atomic mass is 19.1. The van der Waals surface area contributed by atoms with Crippen molar-refractivity contribution in [3.8, 4) is 0 Å². The van der Waals surface area contributed by atoms with Gasteiger partial charge in [0.05, 0.1) is 24.2 Å². The minimum Gasteiger partial charge on any atom is -0.443 e. The van der Waals surface area contributed by atoms with Crippen molar-refractivity contribution >= 4 is 28.6 Å². The van der Waals surface area contributed by atoms with E-state index in [9.17, 15) is 9.18 Å². The maximum Gasteiger partial charge on any atom is 0.292 e. The van der Waals surface area contributed by atoms with Gasteiger partial charge in [0.1, 0.15) is 29.9 Å². The largest absolute Gasteiger partial charge is 0.443 e. The minimum atomic E-state index is -0.824. The van der Waals surface area contributed by atoms with Gasteiger partial charge in [0.2, 0.25) is 11.5 Å². The topological polar surface area (TPSA) is 100 Å². The number of anilines is 2. The van der Waals surface area contributed by atoms with E-state index in [-0.39, 0.29) is 17.3 Å². The van der Waals surface area contributed by atoms with Crippen LogP contribution in [-0.2, 0) is 13.0 Å². The number of halogens is 1. The van der Waals surface area contributed by atoms with Crippen molar-refractivity contribution in [2.75, 3.05) is 29.9 Å². The molecule has 5 heterocycles. The van der Waals surface area contributed by atoms with Gasteiger partial charge in [0, 0.05) is 24.2 Å². The van der Waals surface area contributed by atoms with Crippen LogP contribution >= 0.6 is 0 Å². The van der Waals surface area contributed by atoms with Gasteiger partial charge in [0.25, 0.3) is 5.91 Å². The molecule has 2 aliphatic heterocycles. The summed E-state index contributed by atoms with van der Waals surface area (Å²) in [6.07, 6.45) is 3.92. The highest BCUT2D eigenvalue weighted by Crippen LogP contribution is 2.39. The van der Waals surface area contributed by atoms with Gasteiger partial charge in [-0.25, -0.2) is 19.3 Å². The third-order valence-electron chi connectivity index (χ3n) is 6.83. The Morgan fingerprint density at radius 3 is 2.88 bits per heavy atom. The lowest BCUT2D eigenvalue weighted by molar-refractivity contribution is 0.0719. The van der Waals surface area contributed by atoms with E-state index in [2.05, 4.69) is 32.2 Å². The molecule has 0 radical (unpaired) electrons. The Hall–Kier alpha value is -3.30. The Morgan fingerprint density at radius 2 is 2.12 bits per heavy atom. The summed E-state index contributed by atoms with van der Waals surface area (Å²) >= 11 is 0. The number of aryl methyl sites for hydroxylation is 1. The lowest BCUT2D eigenvalue weighted by atomic mass is 10.0. The number of hydrogen-bond donors (Lipinski definition) is 1. The summed E-state index contributed by atoms with van der Waals surface area (Å²) in [6.45, 7) is 5.85. The number of rotatable bonds is 4. The number of nitrogens with one attached hydrogen (secondary N) is 1. The Kier molecular flexibility index (Phi) is 4.53. The van der Waals surface area contributed by atoms with Gasteiger partial charge >= 0.3 is 0 Å². The van der Waals surface area contributed by atoms with Crippen LogP contribution in [0.4, 0.5) is 16.0 Å². The number of hydrogen-bond acceptors (Lipinski definition) is 8. The number of amides is 1. The first-order valence-corrected chi connectivity index (χ1v) is 11.5. The zero-order valence-electron chi connectivity index (χ0n) is 18.8. The molecule has 1 amide bonds. The van der Waals surface area contributed by atoms with Crippen molar-refractivity contribution in [1.82, 2.24) is 24.8 Å². The summed E-state index contributed by atoms with van der Waals surface area (Å²) < 4.78 is 19.5. The van der Waals surface area contributed by atoms with Crippen molar-refractivity contribution in [2.24, 2.45) is 0 Å². The summed E-state index contributed by atoms with van der Waals surface area (Å²) in [7, 11) is 0. The molecule has 1 N–H and O–H groups in total. The molecule has 1 saturated carbocycles. The van der Waals surface area contributed by atoms with E-state index < -0.39 is 6.17 Å². The molecular formula is C23H26FN7O2. The van der Waals surface area contributed by atoms with Crippen molar-refractivity contribution in [2.45, 2.75) is 57.8 Å². The van der Waals surface area contributed by atoms with E-state index in [4.69, 9.17) is 4.42 Å². The second-order valence-electron chi connectivity index (χ2n) is 9.59. The number of furan rings is 1. The number of aromatic nitrogens is 4. The first-order valence-electron chi connectivity index (χ1n) is 11.5. The molecule has 3 aromatic heterocycles. The minimum absolute atomic E-state index is 0.00164. The van der Waals surface area contributed by atoms with Crippen molar-refractivity contribution in [3.05, 3.63) is 35.2 Å². The fraction of sp³-hybridized carbons (Fsp3) is 0.522. The third kappa shape index (κ3) is 3.67. The van der Waals surface area contributed by atoms with Gasteiger partial charge in [-0.05, 0) is 45.6 Å². The van der Waals surface area contributed by atoms with Gasteiger partial charge in [-0.3, -0.25) is 4.79 Å². The van der Waals surface area contributed by atoms with Crippen molar-refractivity contribution in [1.29, 1.82) is 0 Å². The van der Waals surface area contributed by atoms with Gasteiger partial charge in [0.15, 0.2) is 0 Å². The molecule has 33 heavy (non-hydrogen) atoms. The molecule has 6 rings (SSSR count). The highest BCUT2D eigenvalue weighted by Gasteiger charge is 2.38. The number of alkyl halides is 1. The first kappa shape index (κ1) is 20.3. The molecule has 10 heteroatoms. The highest BCUT2D eigenvalue weighted by molar-refractivity contribution is 5.95. The Bertz CT molecular complexity index is 1260. The van der Waals surface area contributed by atoms with Crippen LogP contribution in [0.5, 0.6) is 0 Å². The summed E-state index contributed by atoms with van der Waals surface area (Å²) in [6, 6.07) is 1.90. The number of nitrogens with zero attached hydrogens (tertiary/aromatic N) is 6. The maximum atomic E-state index is 13.7. The van der Waals surface area contributed by atoms with Gasteiger partial charge in [-0.1, -0.05) is 0 Å². The van der Waals surface area contributed by atoms with Crippen LogP contribution in [0.15, 0.2) is 16.8 Å². The number of fused-ring (bicyclic) bond motifs is 2. The standard InChI is InChI=1S/C23H26FN7O2/c1-13-9-16-18(29-23(2)5-6-23)27-19(28-21(16)33-13)22(32)31-8-4-15-17(11-31)25-12-26-20(15)30-7-3-14(24)10-30/h9,12,14H,3-8,10-11H2,1-2H3,(H,27,28,29)/t14-/m0/s1. The van der Waals surface area contributed by atoms with Crippen LogP contribution in [0.3, 0.4) is 0 Å². The third-order valence-corrected chi connectivity index (χ3v) is 6.83. The summed E-state index contributed by atoms with van der Waals surface area (Å²) in [5.41, 5.74) is 2.20. The lowest BCUT2D eigenvalue weighted by Gasteiger charge is -2.30. The zero-order valence-corrected chi connectivity index (χ0v) is 18.8. The summed E-state index contributed by atoms with van der Waals surface area (Å²) in [5, 5.41) is 4.25. The fourth-order valence-corrected chi connectivity index (χ4v) is 4.67. The second-order valence-corrected chi connectivity index (χ2v) is 9.59. The van der Waals surface area contributed by atoms with Crippen LogP contribution in [0, 0.1) is 6.92 Å². The molecule has 1 aliphatic carbocycles. The van der Waals surface area contributed by atoms with E-state index in [1.807, 2.05) is 17.9 Å². The van der Waals surface area contributed by atoms with E-state index >= 15 is 0 Å². The predicted molar refractivity (Wildman–Crippen MR) is 120 cm³/mol. The van der Waals surface area contributed by atoms with E-state index in [1.165, 1.54) is 6.33 Å². The van der Waals surface area contributed by atoms with Gasteiger partial charge in [-0.2, -0.15) is 4.98 Å². The molecule has 0 bridgehead atoms. The van der Waals surface area contributed by atoms with E-state index in [0.717, 1.165) is 41.1 Å². The summed E-state index contributed by atoms with van der Waals surface area (Å²) in [4.78, 5) is 35.0.